The lowest BCUT2D eigenvalue weighted by atomic mass is 9.85. The van der Waals surface area contributed by atoms with Gasteiger partial charge in [-0.1, -0.05) is 305 Å². The number of benzene rings is 12. The average Bonchev–Trinajstić information content (AvgIpc) is 0.805. The smallest absolute Gasteiger partial charge is 0.188 e. The van der Waals surface area contributed by atoms with Crippen LogP contribution in [0.2, 0.25) is 0 Å². The quantitative estimate of drug-likeness (QED) is 0.0158. The lowest BCUT2D eigenvalue weighted by molar-refractivity contribution is 0.0505. The Morgan fingerprint density at radius 3 is 0.858 bits per heavy atom. The standard InChI is InChI=1S/2C21H29O3P.C18H23O3P.2C17H21O3P.C16H19O3P/c1-14-11-16(21(3,4)5)12-19(20(14)24-13-23-6)25-18-10-8-7-9-17(18)15(2)22;1-14-11-17(21(3,4)5)20(24-13-23-6)19(12-14)25-18-10-8-7-9-16(18)15(2)22;1-12-9-13(2)18(21-11-20-4)17(10-12)22-16-8-6-5-7-15(16)14(3)19;1-12-7-6-10-16(17(12)20-11-19-3)21-15-9-5-4-8-14(15)13(2)18;1-12-8-9-15(20-11-19-3)17(10-12)21-16-7-5-4-6-14(16)13(2)18;1-12(17)13-7-3-5-9-15(13)20-16-10-6-4-8-14(16)19-11-18-2/h2*7-12,15,22,25H,13H2,1-6H3;5-10,14,19,22H,11H2,1-4H3;2*4-10,13,18,21H,11H2,1-3H3;3-10,12,17,20H,11H2,1-2H3. The van der Waals surface area contributed by atoms with Crippen LogP contribution in [0.4, 0.5) is 0 Å². The number of ether oxygens (including phenoxy) is 12. The number of methoxy groups -OCH3 is 6. The van der Waals surface area contributed by atoms with Crippen molar-refractivity contribution in [3.05, 3.63) is 321 Å². The third kappa shape index (κ3) is 35.8. The van der Waals surface area contributed by atoms with Crippen molar-refractivity contribution in [1.82, 2.24) is 0 Å². The molecule has 134 heavy (non-hydrogen) atoms. The summed E-state index contributed by atoms with van der Waals surface area (Å²) in [7, 11) is 12.3. The van der Waals surface area contributed by atoms with E-state index in [1.165, 1.54) is 27.8 Å². The van der Waals surface area contributed by atoms with Crippen LogP contribution in [0.3, 0.4) is 0 Å². The number of para-hydroxylation sites is 2. The van der Waals surface area contributed by atoms with E-state index in [-0.39, 0.29) is 51.6 Å². The van der Waals surface area contributed by atoms with Gasteiger partial charge in [0, 0.05) is 80.0 Å². The van der Waals surface area contributed by atoms with Crippen LogP contribution in [0.1, 0.15) is 198 Å². The number of aryl methyl sites for hydroxylation is 6. The molecule has 0 radical (unpaired) electrons. The minimum absolute atomic E-state index is 0.0296. The van der Waals surface area contributed by atoms with Gasteiger partial charge in [0.1, 0.15) is 34.5 Å². The molecule has 0 aliphatic carbocycles. The van der Waals surface area contributed by atoms with Gasteiger partial charge in [-0.2, -0.15) is 0 Å². The van der Waals surface area contributed by atoms with Crippen molar-refractivity contribution in [3.63, 3.8) is 0 Å². The van der Waals surface area contributed by atoms with Crippen LogP contribution in [0, 0.1) is 41.5 Å². The largest absolute Gasteiger partial charge is 0.467 e. The molecule has 0 amide bonds. The predicted octanol–water partition coefficient (Wildman–Crippen LogP) is 18.6. The first-order valence-electron chi connectivity index (χ1n) is 44.6. The van der Waals surface area contributed by atoms with E-state index >= 15 is 0 Å². The molecule has 0 saturated carbocycles. The highest BCUT2D eigenvalue weighted by molar-refractivity contribution is 7.57. The van der Waals surface area contributed by atoms with Crippen molar-refractivity contribution < 1.29 is 87.5 Å². The van der Waals surface area contributed by atoms with E-state index in [0.717, 1.165) is 148 Å². The summed E-state index contributed by atoms with van der Waals surface area (Å²) in [5.41, 5.74) is 15.2. The van der Waals surface area contributed by atoms with E-state index in [4.69, 9.17) is 56.8 Å². The Morgan fingerprint density at radius 1 is 0.231 bits per heavy atom. The molecule has 0 heterocycles. The fourth-order valence-corrected chi connectivity index (χ4v) is 23.2. The summed E-state index contributed by atoms with van der Waals surface area (Å²) in [6, 6.07) is 81.3. The molecule has 720 valence electrons. The number of hydrogen-bond donors (Lipinski definition) is 6. The lowest BCUT2D eigenvalue weighted by Crippen LogP contribution is -2.21. The van der Waals surface area contributed by atoms with Crippen LogP contribution in [0.5, 0.6) is 34.5 Å². The van der Waals surface area contributed by atoms with Gasteiger partial charge in [-0.25, -0.2) is 0 Å². The fraction of sp³-hybridized carbons (Fsp3) is 0.345. The highest BCUT2D eigenvalue weighted by Crippen LogP contribution is 2.38. The van der Waals surface area contributed by atoms with Gasteiger partial charge in [-0.15, -0.1) is 0 Å². The molecular weight excluding hydrogens is 1800 g/mol. The molecule has 12 atom stereocenters. The van der Waals surface area contributed by atoms with Crippen LogP contribution in [0.25, 0.3) is 0 Å². The van der Waals surface area contributed by atoms with E-state index in [1.807, 2.05) is 191 Å². The summed E-state index contributed by atoms with van der Waals surface area (Å²) < 4.78 is 64.8. The molecule has 0 aliphatic heterocycles. The van der Waals surface area contributed by atoms with Crippen molar-refractivity contribution in [2.75, 3.05) is 83.4 Å². The maximum Gasteiger partial charge on any atom is 0.188 e. The Labute approximate surface area is 808 Å². The van der Waals surface area contributed by atoms with Crippen LogP contribution in [-0.4, -0.2) is 114 Å². The highest BCUT2D eigenvalue weighted by Gasteiger charge is 2.26. The maximum absolute atomic E-state index is 10.1. The zero-order valence-corrected chi connectivity index (χ0v) is 88.4. The topological polar surface area (TPSA) is 232 Å². The Balaban J connectivity index is 0.000000220. The van der Waals surface area contributed by atoms with Gasteiger partial charge < -0.3 is 87.5 Å². The van der Waals surface area contributed by atoms with Crippen LogP contribution in [-0.2, 0) is 39.3 Å². The number of hydrogen-bond acceptors (Lipinski definition) is 18. The maximum atomic E-state index is 10.1. The molecule has 6 N–H and O–H groups in total. The SMILES string of the molecule is COCOc1c(C)cc(C(C)(C)C)cc1Pc1ccccc1C(C)O.COCOc1c(C)cc(C)cc1Pc1ccccc1C(C)O.COCOc1c(C)cccc1Pc1ccccc1C(C)O.COCOc1c(Pc2ccccc2C(C)O)cc(C)cc1C(C)(C)C.COCOc1ccc(C)cc1Pc1ccccc1C(C)O.COCOc1ccccc1Pc1ccccc1C(C)O. The molecule has 12 rings (SSSR count). The molecule has 0 fully saturated rings. The predicted molar refractivity (Wildman–Crippen MR) is 567 cm³/mol. The number of aliphatic hydroxyl groups is 6. The summed E-state index contributed by atoms with van der Waals surface area (Å²) >= 11 is 0. The Bertz CT molecular complexity index is 5470. The Morgan fingerprint density at radius 2 is 0.500 bits per heavy atom. The van der Waals surface area contributed by atoms with Gasteiger partial charge >= 0.3 is 0 Å². The van der Waals surface area contributed by atoms with Gasteiger partial charge in [-0.3, -0.25) is 0 Å². The third-order valence-corrected chi connectivity index (χ3v) is 29.1. The van der Waals surface area contributed by atoms with E-state index in [0.29, 0.717) is 51.5 Å². The monoisotopic (exact) mass is 1940 g/mol. The molecular formula is C110H142O18P6. The van der Waals surface area contributed by atoms with Crippen molar-refractivity contribution in [3.8, 4) is 34.5 Å². The summed E-state index contributed by atoms with van der Waals surface area (Å²) in [5, 5.41) is 73.4. The fourth-order valence-electron chi connectivity index (χ4n) is 14.3. The van der Waals surface area contributed by atoms with Crippen molar-refractivity contribution in [1.29, 1.82) is 0 Å². The zero-order chi connectivity index (χ0) is 98.2. The van der Waals surface area contributed by atoms with E-state index < -0.39 is 36.6 Å². The molecule has 0 aliphatic rings. The minimum atomic E-state index is -0.487. The molecule has 0 spiro atoms. The Kier molecular flexibility index (Phi) is 48.4. The summed E-state index contributed by atoms with van der Waals surface area (Å²) in [4.78, 5) is 0. The first kappa shape index (κ1) is 113. The van der Waals surface area contributed by atoms with Gasteiger partial charge in [0.2, 0.25) is 0 Å². The van der Waals surface area contributed by atoms with Crippen molar-refractivity contribution >= 4 is 115 Å². The lowest BCUT2D eigenvalue weighted by Gasteiger charge is -2.26. The van der Waals surface area contributed by atoms with Crippen molar-refractivity contribution in [2.45, 2.75) is 172 Å². The molecule has 18 nitrogen and oxygen atoms in total. The number of aliphatic hydroxyl groups excluding tert-OH is 6. The summed E-state index contributed by atoms with van der Waals surface area (Å²) in [6.45, 7) is 37.8. The van der Waals surface area contributed by atoms with Gasteiger partial charge in [0.25, 0.3) is 0 Å². The van der Waals surface area contributed by atoms with Crippen LogP contribution < -0.4 is 92.1 Å². The summed E-state index contributed by atoms with van der Waals surface area (Å²) in [6.07, 6.45) is -2.86. The first-order chi connectivity index (χ1) is 64.0. The highest BCUT2D eigenvalue weighted by atomic mass is 31.1. The molecule has 0 saturated heterocycles. The normalized spacial score (nSPS) is 13.0. The average molecular weight is 1940 g/mol. The number of rotatable bonds is 36. The second-order valence-electron chi connectivity index (χ2n) is 34.4. The molecule has 12 aromatic rings. The van der Waals surface area contributed by atoms with Crippen molar-refractivity contribution in [2.24, 2.45) is 0 Å². The van der Waals surface area contributed by atoms with E-state index in [9.17, 15) is 30.6 Å². The van der Waals surface area contributed by atoms with E-state index in [2.05, 4.69) is 148 Å². The van der Waals surface area contributed by atoms with Gasteiger partial charge in [-0.05, 0) is 229 Å². The van der Waals surface area contributed by atoms with Crippen LogP contribution >= 0.6 is 51.5 Å². The second-order valence-corrected chi connectivity index (χ2v) is 42.4. The molecule has 0 bridgehead atoms. The molecule has 24 heteroatoms. The molecule has 12 aromatic carbocycles. The molecule has 0 aromatic heterocycles. The van der Waals surface area contributed by atoms with Gasteiger partial charge in [0.05, 0.1) is 36.6 Å². The van der Waals surface area contributed by atoms with E-state index in [1.54, 1.807) is 70.4 Å². The second kappa shape index (κ2) is 57.7. The van der Waals surface area contributed by atoms with Crippen LogP contribution in [0.15, 0.2) is 243 Å². The first-order valence-corrected chi connectivity index (χ1v) is 50.6. The van der Waals surface area contributed by atoms with Gasteiger partial charge in [0.15, 0.2) is 40.8 Å². The molecule has 12 unspecified atom stereocenters. The zero-order valence-electron chi connectivity index (χ0n) is 82.4. The summed E-state index contributed by atoms with van der Waals surface area (Å²) in [5.74, 6) is 5.20. The minimum Gasteiger partial charge on any atom is -0.467 e. The Hall–Kier alpha value is -8.46. The third-order valence-electron chi connectivity index (χ3n) is 20.9.